The van der Waals surface area contributed by atoms with Crippen LogP contribution in [0.3, 0.4) is 0 Å². The summed E-state index contributed by atoms with van der Waals surface area (Å²) < 4.78 is 17.0. The SMILES string of the molecule is CCCOCCOc1ccnc(C(C)=O)c1OCc1ccccc1. The molecule has 0 aliphatic rings. The number of benzene rings is 1. The van der Waals surface area contributed by atoms with E-state index in [0.29, 0.717) is 37.9 Å². The minimum absolute atomic E-state index is 0.161. The topological polar surface area (TPSA) is 57.7 Å². The van der Waals surface area contributed by atoms with E-state index in [0.717, 1.165) is 12.0 Å². The highest BCUT2D eigenvalue weighted by molar-refractivity contribution is 5.95. The van der Waals surface area contributed by atoms with Crippen LogP contribution in [-0.2, 0) is 11.3 Å². The van der Waals surface area contributed by atoms with Gasteiger partial charge in [-0.2, -0.15) is 0 Å². The number of ketones is 1. The van der Waals surface area contributed by atoms with E-state index in [2.05, 4.69) is 11.9 Å². The maximum absolute atomic E-state index is 11.8. The van der Waals surface area contributed by atoms with Gasteiger partial charge >= 0.3 is 0 Å². The molecule has 1 aromatic heterocycles. The number of aromatic nitrogens is 1. The second-order valence-corrected chi connectivity index (χ2v) is 5.28. The van der Waals surface area contributed by atoms with E-state index >= 15 is 0 Å². The predicted molar refractivity (Wildman–Crippen MR) is 91.6 cm³/mol. The first-order chi connectivity index (χ1) is 11.7. The van der Waals surface area contributed by atoms with Crippen LogP contribution < -0.4 is 9.47 Å². The largest absolute Gasteiger partial charge is 0.487 e. The molecule has 0 atom stereocenters. The Balaban J connectivity index is 2.08. The van der Waals surface area contributed by atoms with E-state index in [1.807, 2.05) is 30.3 Å². The van der Waals surface area contributed by atoms with Gasteiger partial charge in [-0.25, -0.2) is 4.98 Å². The first-order valence-electron chi connectivity index (χ1n) is 8.09. The maximum Gasteiger partial charge on any atom is 0.191 e. The van der Waals surface area contributed by atoms with Crippen molar-refractivity contribution in [2.75, 3.05) is 19.8 Å². The van der Waals surface area contributed by atoms with Crippen LogP contribution in [0.4, 0.5) is 0 Å². The molecule has 0 aliphatic heterocycles. The van der Waals surface area contributed by atoms with Crippen molar-refractivity contribution in [2.24, 2.45) is 0 Å². The third-order valence-corrected chi connectivity index (χ3v) is 3.26. The first kappa shape index (κ1) is 17.9. The van der Waals surface area contributed by atoms with Crippen LogP contribution in [0.5, 0.6) is 11.5 Å². The fourth-order valence-corrected chi connectivity index (χ4v) is 2.12. The number of hydrogen-bond donors (Lipinski definition) is 0. The molecule has 0 radical (unpaired) electrons. The molecule has 128 valence electrons. The lowest BCUT2D eigenvalue weighted by Crippen LogP contribution is -2.10. The van der Waals surface area contributed by atoms with Gasteiger partial charge in [0.1, 0.15) is 13.2 Å². The number of nitrogens with zero attached hydrogens (tertiary/aromatic N) is 1. The van der Waals surface area contributed by atoms with Gasteiger partial charge in [-0.3, -0.25) is 4.79 Å². The second kappa shape index (κ2) is 9.67. The summed E-state index contributed by atoms with van der Waals surface area (Å²) in [5.41, 5.74) is 1.28. The zero-order valence-corrected chi connectivity index (χ0v) is 14.2. The van der Waals surface area contributed by atoms with Gasteiger partial charge < -0.3 is 14.2 Å². The molecule has 0 aliphatic carbocycles. The smallest absolute Gasteiger partial charge is 0.191 e. The standard InChI is InChI=1S/C19H23NO4/c1-3-11-22-12-13-23-17-9-10-20-18(15(2)21)19(17)24-14-16-7-5-4-6-8-16/h4-10H,3,11-14H2,1-2H3. The van der Waals surface area contributed by atoms with Crippen LogP contribution in [0.1, 0.15) is 36.3 Å². The van der Waals surface area contributed by atoms with Gasteiger partial charge in [0.15, 0.2) is 23.0 Å². The number of carbonyl (C=O) groups is 1. The molecule has 1 heterocycles. The van der Waals surface area contributed by atoms with Crippen molar-refractivity contribution in [2.45, 2.75) is 26.9 Å². The van der Waals surface area contributed by atoms with Gasteiger partial charge in [0, 0.05) is 25.8 Å². The number of pyridine rings is 1. The van der Waals surface area contributed by atoms with Crippen molar-refractivity contribution >= 4 is 5.78 Å². The molecule has 0 unspecified atom stereocenters. The molecular weight excluding hydrogens is 306 g/mol. The van der Waals surface area contributed by atoms with Crippen molar-refractivity contribution in [3.63, 3.8) is 0 Å². The van der Waals surface area contributed by atoms with Crippen LogP contribution >= 0.6 is 0 Å². The quantitative estimate of drug-likeness (QED) is 0.492. The third-order valence-electron chi connectivity index (χ3n) is 3.26. The van der Waals surface area contributed by atoms with Gasteiger partial charge in [-0.1, -0.05) is 37.3 Å². The molecule has 0 spiro atoms. The Morgan fingerprint density at radius 1 is 1.04 bits per heavy atom. The van der Waals surface area contributed by atoms with Crippen LogP contribution in [0.2, 0.25) is 0 Å². The van der Waals surface area contributed by atoms with Crippen LogP contribution in [0.15, 0.2) is 42.6 Å². The van der Waals surface area contributed by atoms with E-state index in [9.17, 15) is 4.79 Å². The molecule has 0 saturated carbocycles. The summed E-state index contributed by atoms with van der Waals surface area (Å²) in [7, 11) is 0. The minimum Gasteiger partial charge on any atom is -0.487 e. The Bertz CT molecular complexity index is 643. The minimum atomic E-state index is -0.161. The predicted octanol–water partition coefficient (Wildman–Crippen LogP) is 3.67. The summed E-state index contributed by atoms with van der Waals surface area (Å²) in [6, 6.07) is 11.4. The molecule has 1 aromatic carbocycles. The van der Waals surface area contributed by atoms with E-state index in [-0.39, 0.29) is 11.5 Å². The maximum atomic E-state index is 11.8. The summed E-state index contributed by atoms with van der Waals surface area (Å²) in [5.74, 6) is 0.723. The number of rotatable bonds is 10. The fraction of sp³-hybridized carbons (Fsp3) is 0.368. The molecule has 0 amide bonds. The summed E-state index contributed by atoms with van der Waals surface area (Å²) >= 11 is 0. The molecule has 2 rings (SSSR count). The van der Waals surface area contributed by atoms with E-state index in [1.165, 1.54) is 6.92 Å². The lowest BCUT2D eigenvalue weighted by molar-refractivity contribution is 0.0972. The van der Waals surface area contributed by atoms with Crippen LogP contribution in [-0.4, -0.2) is 30.6 Å². The van der Waals surface area contributed by atoms with Crippen LogP contribution in [0.25, 0.3) is 0 Å². The van der Waals surface area contributed by atoms with Crippen molar-refractivity contribution in [1.29, 1.82) is 0 Å². The normalized spacial score (nSPS) is 10.4. The zero-order valence-electron chi connectivity index (χ0n) is 14.2. The second-order valence-electron chi connectivity index (χ2n) is 5.28. The third kappa shape index (κ3) is 5.35. The molecule has 0 N–H and O–H groups in total. The summed E-state index contributed by atoms with van der Waals surface area (Å²) in [6.07, 6.45) is 2.52. The highest BCUT2D eigenvalue weighted by Gasteiger charge is 2.16. The van der Waals surface area contributed by atoms with Gasteiger partial charge in [-0.15, -0.1) is 0 Å². The molecule has 24 heavy (non-hydrogen) atoms. The van der Waals surface area contributed by atoms with Gasteiger partial charge in [0.2, 0.25) is 0 Å². The van der Waals surface area contributed by atoms with Gasteiger partial charge in [-0.05, 0) is 12.0 Å². The summed E-state index contributed by atoms with van der Waals surface area (Å²) in [5, 5.41) is 0. The molecule has 0 saturated heterocycles. The fourth-order valence-electron chi connectivity index (χ4n) is 2.12. The average molecular weight is 329 g/mol. The zero-order chi connectivity index (χ0) is 17.2. The Kier molecular flexibility index (Phi) is 7.23. The average Bonchev–Trinajstić information content (AvgIpc) is 2.61. The van der Waals surface area contributed by atoms with Crippen molar-refractivity contribution in [3.05, 3.63) is 53.9 Å². The summed E-state index contributed by atoms with van der Waals surface area (Å²) in [6.45, 7) is 5.45. The highest BCUT2D eigenvalue weighted by atomic mass is 16.5. The highest BCUT2D eigenvalue weighted by Crippen LogP contribution is 2.31. The monoisotopic (exact) mass is 329 g/mol. The van der Waals surface area contributed by atoms with E-state index in [1.54, 1.807) is 12.3 Å². The van der Waals surface area contributed by atoms with E-state index in [4.69, 9.17) is 14.2 Å². The van der Waals surface area contributed by atoms with Crippen molar-refractivity contribution in [3.8, 4) is 11.5 Å². The Morgan fingerprint density at radius 3 is 2.54 bits per heavy atom. The first-order valence-corrected chi connectivity index (χ1v) is 8.09. The Hall–Kier alpha value is -2.40. The molecule has 5 nitrogen and oxygen atoms in total. The number of ether oxygens (including phenoxy) is 3. The number of carbonyl (C=O) groups excluding carboxylic acids is 1. The number of hydrogen-bond acceptors (Lipinski definition) is 5. The van der Waals surface area contributed by atoms with Gasteiger partial charge in [0.05, 0.1) is 6.61 Å². The van der Waals surface area contributed by atoms with Crippen molar-refractivity contribution < 1.29 is 19.0 Å². The Morgan fingerprint density at radius 2 is 1.83 bits per heavy atom. The number of Topliss-reactive ketones (excluding diaryl/α,β-unsaturated/α-hetero) is 1. The molecular formula is C19H23NO4. The van der Waals surface area contributed by atoms with Crippen LogP contribution in [0, 0.1) is 0 Å². The molecule has 2 aromatic rings. The molecule has 0 bridgehead atoms. The summed E-state index contributed by atoms with van der Waals surface area (Å²) in [4.78, 5) is 15.9. The molecule has 5 heteroatoms. The Labute approximate surface area is 142 Å². The lowest BCUT2D eigenvalue weighted by atomic mass is 10.2. The van der Waals surface area contributed by atoms with E-state index < -0.39 is 0 Å². The van der Waals surface area contributed by atoms with Gasteiger partial charge in [0.25, 0.3) is 0 Å². The van der Waals surface area contributed by atoms with Crippen molar-refractivity contribution in [1.82, 2.24) is 4.98 Å². The molecule has 0 fully saturated rings. The lowest BCUT2D eigenvalue weighted by Gasteiger charge is -2.15.